The fourth-order valence-corrected chi connectivity index (χ4v) is 5.00. The molecule has 1 atom stereocenters. The first kappa shape index (κ1) is 36.7. The Morgan fingerprint density at radius 1 is 0.553 bits per heavy atom. The number of carbonyl (C=O) groups is 2. The normalized spacial score (nSPS) is 12.3. The van der Waals surface area contributed by atoms with Crippen LogP contribution in [-0.2, 0) is 14.3 Å². The van der Waals surface area contributed by atoms with Gasteiger partial charge in [0.2, 0.25) is 0 Å². The van der Waals surface area contributed by atoms with Gasteiger partial charge in [-0.05, 0) is 64.2 Å². The highest BCUT2D eigenvalue weighted by Crippen LogP contribution is 2.18. The van der Waals surface area contributed by atoms with Crippen LogP contribution in [0.2, 0.25) is 0 Å². The maximum absolute atomic E-state index is 12.4. The Morgan fingerprint density at radius 3 is 1.50 bits per heavy atom. The van der Waals surface area contributed by atoms with E-state index in [0.29, 0.717) is 19.3 Å². The highest BCUT2D eigenvalue weighted by atomic mass is 16.5. The first-order valence-electron chi connectivity index (χ1n) is 16.6. The molecule has 0 amide bonds. The van der Waals surface area contributed by atoms with E-state index in [1.54, 1.807) is 0 Å². The van der Waals surface area contributed by atoms with E-state index in [2.05, 4.69) is 26.0 Å². The highest BCUT2D eigenvalue weighted by molar-refractivity contribution is 5.69. The molecule has 0 spiro atoms. The van der Waals surface area contributed by atoms with E-state index < -0.39 is 5.97 Å². The SMILES string of the molecule is CCCCCC/C=C\CCCCCCCC(=O)OC(CCCCCCCCCCCCC)CCCC(=O)[O-]. The van der Waals surface area contributed by atoms with Crippen LogP contribution >= 0.6 is 0 Å². The molecule has 0 heterocycles. The zero-order valence-corrected chi connectivity index (χ0v) is 25.5. The second kappa shape index (κ2) is 30.2. The Morgan fingerprint density at radius 2 is 0.974 bits per heavy atom. The van der Waals surface area contributed by atoms with Gasteiger partial charge in [0.05, 0.1) is 0 Å². The minimum atomic E-state index is -1.02. The summed E-state index contributed by atoms with van der Waals surface area (Å²) < 4.78 is 5.77. The summed E-state index contributed by atoms with van der Waals surface area (Å²) in [6.45, 7) is 4.51. The molecule has 224 valence electrons. The van der Waals surface area contributed by atoms with Crippen LogP contribution in [0.25, 0.3) is 0 Å². The third-order valence-corrected chi connectivity index (χ3v) is 7.48. The molecule has 0 radical (unpaired) electrons. The number of hydrogen-bond donors (Lipinski definition) is 0. The molecule has 0 saturated heterocycles. The van der Waals surface area contributed by atoms with Crippen molar-refractivity contribution in [2.45, 2.75) is 193 Å². The van der Waals surface area contributed by atoms with Gasteiger partial charge in [0, 0.05) is 12.4 Å². The van der Waals surface area contributed by atoms with Gasteiger partial charge in [-0.3, -0.25) is 4.79 Å². The third-order valence-electron chi connectivity index (χ3n) is 7.48. The molecular weight excluding hydrogens is 472 g/mol. The molecule has 0 aliphatic carbocycles. The van der Waals surface area contributed by atoms with Crippen LogP contribution in [0.3, 0.4) is 0 Å². The summed E-state index contributed by atoms with van der Waals surface area (Å²) >= 11 is 0. The topological polar surface area (TPSA) is 66.4 Å². The number of aliphatic carboxylic acids is 1. The largest absolute Gasteiger partial charge is 0.550 e. The van der Waals surface area contributed by atoms with Gasteiger partial charge < -0.3 is 14.6 Å². The number of unbranched alkanes of at least 4 members (excludes halogenated alkanes) is 19. The maximum Gasteiger partial charge on any atom is 0.306 e. The van der Waals surface area contributed by atoms with Crippen LogP contribution in [0.1, 0.15) is 187 Å². The predicted molar refractivity (Wildman–Crippen MR) is 160 cm³/mol. The van der Waals surface area contributed by atoms with Crippen molar-refractivity contribution < 1.29 is 19.4 Å². The zero-order chi connectivity index (χ0) is 27.9. The summed E-state index contributed by atoms with van der Waals surface area (Å²) in [6.07, 6.45) is 34.6. The van der Waals surface area contributed by atoms with E-state index >= 15 is 0 Å². The lowest BCUT2D eigenvalue weighted by Gasteiger charge is -2.18. The summed E-state index contributed by atoms with van der Waals surface area (Å²) in [5.74, 6) is -1.13. The quantitative estimate of drug-likeness (QED) is 0.0521. The van der Waals surface area contributed by atoms with Crippen LogP contribution in [0.5, 0.6) is 0 Å². The number of ether oxygens (including phenoxy) is 1. The molecule has 0 aromatic heterocycles. The minimum absolute atomic E-state index is 0.0420. The average Bonchev–Trinajstić information content (AvgIpc) is 2.89. The third kappa shape index (κ3) is 29.2. The minimum Gasteiger partial charge on any atom is -0.550 e. The van der Waals surface area contributed by atoms with Crippen molar-refractivity contribution in [2.24, 2.45) is 0 Å². The maximum atomic E-state index is 12.4. The summed E-state index contributed by atoms with van der Waals surface area (Å²) in [5.41, 5.74) is 0. The molecule has 0 fully saturated rings. The lowest BCUT2D eigenvalue weighted by Crippen LogP contribution is -2.23. The average molecular weight is 536 g/mol. The summed E-state index contributed by atoms with van der Waals surface area (Å²) in [6, 6.07) is 0. The Labute approximate surface area is 236 Å². The van der Waals surface area contributed by atoms with Crippen LogP contribution in [0.15, 0.2) is 12.2 Å². The Kier molecular flexibility index (Phi) is 29.2. The predicted octanol–water partition coefficient (Wildman–Crippen LogP) is 9.78. The van der Waals surface area contributed by atoms with Crippen LogP contribution in [-0.4, -0.2) is 18.0 Å². The van der Waals surface area contributed by atoms with Gasteiger partial charge in [-0.2, -0.15) is 0 Å². The molecule has 0 aromatic carbocycles. The Balaban J connectivity index is 3.87. The van der Waals surface area contributed by atoms with E-state index in [0.717, 1.165) is 25.7 Å². The zero-order valence-electron chi connectivity index (χ0n) is 25.5. The van der Waals surface area contributed by atoms with Crippen LogP contribution in [0.4, 0.5) is 0 Å². The monoisotopic (exact) mass is 535 g/mol. The second-order valence-corrected chi connectivity index (χ2v) is 11.3. The number of hydrogen-bond acceptors (Lipinski definition) is 4. The molecule has 4 nitrogen and oxygen atoms in total. The van der Waals surface area contributed by atoms with E-state index in [4.69, 9.17) is 4.74 Å². The fourth-order valence-electron chi connectivity index (χ4n) is 5.00. The van der Waals surface area contributed by atoms with E-state index in [1.165, 1.54) is 122 Å². The Bertz CT molecular complexity index is 543. The lowest BCUT2D eigenvalue weighted by atomic mass is 10.0. The molecule has 4 heteroatoms. The van der Waals surface area contributed by atoms with Crippen LogP contribution in [0, 0.1) is 0 Å². The van der Waals surface area contributed by atoms with Gasteiger partial charge >= 0.3 is 5.97 Å². The molecular formula is C34H63O4-. The fraction of sp³-hybridized carbons (Fsp3) is 0.882. The molecule has 0 N–H and O–H groups in total. The van der Waals surface area contributed by atoms with Gasteiger partial charge in [-0.15, -0.1) is 0 Å². The molecule has 1 unspecified atom stereocenters. The van der Waals surface area contributed by atoms with Gasteiger partial charge in [0.1, 0.15) is 6.10 Å². The molecule has 0 aliphatic heterocycles. The van der Waals surface area contributed by atoms with Crippen LogP contribution < -0.4 is 5.11 Å². The smallest absolute Gasteiger partial charge is 0.306 e. The van der Waals surface area contributed by atoms with Gasteiger partial charge in [-0.25, -0.2) is 0 Å². The summed E-state index contributed by atoms with van der Waals surface area (Å²) in [4.78, 5) is 23.2. The van der Waals surface area contributed by atoms with E-state index in [9.17, 15) is 14.7 Å². The molecule has 0 aliphatic rings. The van der Waals surface area contributed by atoms with Crippen molar-refractivity contribution in [1.82, 2.24) is 0 Å². The number of rotatable bonds is 30. The lowest BCUT2D eigenvalue weighted by molar-refractivity contribution is -0.305. The van der Waals surface area contributed by atoms with Crippen molar-refractivity contribution in [3.63, 3.8) is 0 Å². The molecule has 38 heavy (non-hydrogen) atoms. The first-order valence-corrected chi connectivity index (χ1v) is 16.6. The van der Waals surface area contributed by atoms with Crippen molar-refractivity contribution in [3.8, 4) is 0 Å². The van der Waals surface area contributed by atoms with Gasteiger partial charge in [-0.1, -0.05) is 129 Å². The van der Waals surface area contributed by atoms with E-state index in [-0.39, 0.29) is 18.5 Å². The molecule has 0 rings (SSSR count). The Hall–Kier alpha value is -1.32. The summed E-state index contributed by atoms with van der Waals surface area (Å²) in [5, 5.41) is 10.8. The van der Waals surface area contributed by atoms with Gasteiger partial charge in [0.15, 0.2) is 0 Å². The number of carbonyl (C=O) groups excluding carboxylic acids is 2. The highest BCUT2D eigenvalue weighted by Gasteiger charge is 2.14. The van der Waals surface area contributed by atoms with Crippen molar-refractivity contribution >= 4 is 11.9 Å². The number of allylic oxidation sites excluding steroid dienone is 2. The number of esters is 1. The standard InChI is InChI=1S/C34H64O4/c1-3-5-7-9-11-13-15-16-18-20-22-24-26-31-34(37)38-32(29-27-30-33(35)36)28-25-23-21-19-17-14-12-10-8-6-4-2/h13,15,32H,3-12,14,16-31H2,1-2H3,(H,35,36)/p-1/b15-13-. The van der Waals surface area contributed by atoms with Crippen molar-refractivity contribution in [1.29, 1.82) is 0 Å². The molecule has 0 saturated carbocycles. The van der Waals surface area contributed by atoms with E-state index in [1.807, 2.05) is 0 Å². The van der Waals surface area contributed by atoms with Crippen molar-refractivity contribution in [2.75, 3.05) is 0 Å². The first-order chi connectivity index (χ1) is 18.6. The summed E-state index contributed by atoms with van der Waals surface area (Å²) in [7, 11) is 0. The number of carboxylic acid groups (broad SMARTS) is 1. The molecule has 0 aromatic rings. The second-order valence-electron chi connectivity index (χ2n) is 11.3. The molecule has 0 bridgehead atoms. The number of carboxylic acids is 1. The van der Waals surface area contributed by atoms with Crippen molar-refractivity contribution in [3.05, 3.63) is 12.2 Å². The van der Waals surface area contributed by atoms with Gasteiger partial charge in [0.25, 0.3) is 0 Å².